The molecule has 6 nitrogen and oxygen atoms in total. The molecule has 0 amide bonds. The molecular weight excluding hydrogens is 544 g/mol. The van der Waals surface area contributed by atoms with Gasteiger partial charge in [-0.2, -0.15) is 0 Å². The maximum absolute atomic E-state index is 11.3. The summed E-state index contributed by atoms with van der Waals surface area (Å²) >= 11 is 0. The molecule has 41 heavy (non-hydrogen) atoms. The smallest absolute Gasteiger partial charge is 0.872 e. The Labute approximate surface area is 277 Å². The first-order valence-electron chi connectivity index (χ1n) is 15.4. The van der Waals surface area contributed by atoms with Gasteiger partial charge in [-0.15, -0.1) is 5.75 Å². The normalized spacial score (nSPS) is 10.4. The van der Waals surface area contributed by atoms with Gasteiger partial charge in [0.1, 0.15) is 5.75 Å². The first-order chi connectivity index (χ1) is 19.3. The van der Waals surface area contributed by atoms with Gasteiger partial charge in [0.2, 0.25) is 0 Å². The molecule has 224 valence electrons. The molecule has 0 bridgehead atoms. The summed E-state index contributed by atoms with van der Waals surface area (Å²) in [4.78, 5) is 22.0. The third-order valence-electron chi connectivity index (χ3n) is 7.22. The number of carboxylic acids is 2. The Bertz CT molecular complexity index is 912. The second kappa shape index (κ2) is 24.8. The van der Waals surface area contributed by atoms with Crippen LogP contribution >= 0.6 is 0 Å². The van der Waals surface area contributed by atoms with Gasteiger partial charge < -0.3 is 25.2 Å². The molecule has 2 rings (SSSR count). The molecule has 0 unspecified atom stereocenters. The van der Waals surface area contributed by atoms with Crippen molar-refractivity contribution in [2.24, 2.45) is 0 Å². The van der Waals surface area contributed by atoms with E-state index < -0.39 is 11.9 Å². The van der Waals surface area contributed by atoms with Crippen LogP contribution in [0.2, 0.25) is 0 Å². The van der Waals surface area contributed by atoms with Gasteiger partial charge in [0.25, 0.3) is 0 Å². The van der Waals surface area contributed by atoms with Crippen molar-refractivity contribution in [3.8, 4) is 11.5 Å². The minimum absolute atomic E-state index is 0. The summed E-state index contributed by atoms with van der Waals surface area (Å²) in [7, 11) is 0. The maximum Gasteiger partial charge on any atom is 2.00 e. The van der Waals surface area contributed by atoms with E-state index >= 15 is 0 Å². The number of hydrogen-bond acceptors (Lipinski definition) is 5. The fourth-order valence-corrected chi connectivity index (χ4v) is 4.87. The van der Waals surface area contributed by atoms with Crippen molar-refractivity contribution in [1.82, 2.24) is 0 Å². The van der Waals surface area contributed by atoms with E-state index in [0.29, 0.717) is 17.5 Å². The van der Waals surface area contributed by atoms with Crippen molar-refractivity contribution >= 4 is 49.7 Å². The van der Waals surface area contributed by atoms with Gasteiger partial charge in [0, 0.05) is 5.56 Å². The van der Waals surface area contributed by atoms with E-state index in [2.05, 4.69) is 13.8 Å². The zero-order chi connectivity index (χ0) is 29.6. The van der Waals surface area contributed by atoms with Gasteiger partial charge in [-0.1, -0.05) is 122 Å². The van der Waals surface area contributed by atoms with Crippen molar-refractivity contribution in [1.29, 1.82) is 0 Å². The second-order valence-electron chi connectivity index (χ2n) is 10.7. The molecule has 0 fully saturated rings. The molecule has 0 atom stereocenters. The van der Waals surface area contributed by atoms with E-state index in [4.69, 9.17) is 5.11 Å². The maximum atomic E-state index is 11.3. The molecule has 0 aliphatic rings. The fourth-order valence-electron chi connectivity index (χ4n) is 4.87. The van der Waals surface area contributed by atoms with Crippen molar-refractivity contribution in [2.75, 3.05) is 0 Å². The third-order valence-corrected chi connectivity index (χ3v) is 7.22. The molecule has 2 N–H and O–H groups in total. The Morgan fingerprint density at radius 3 is 1.49 bits per heavy atom. The zero-order valence-corrected chi connectivity index (χ0v) is 27.6. The van der Waals surface area contributed by atoms with Crippen LogP contribution in [0.15, 0.2) is 36.4 Å². The van der Waals surface area contributed by atoms with Crippen molar-refractivity contribution in [2.45, 2.75) is 129 Å². The van der Waals surface area contributed by atoms with Gasteiger partial charge in [-0.25, -0.2) is 4.79 Å². The van der Waals surface area contributed by atoms with Gasteiger partial charge >= 0.3 is 43.7 Å². The molecular formula is C34H50CaO6. The molecule has 0 aliphatic carbocycles. The largest absolute Gasteiger partial charge is 2.00 e. The van der Waals surface area contributed by atoms with Crippen LogP contribution in [0.5, 0.6) is 11.5 Å². The Hall–Kier alpha value is -1.76. The predicted molar refractivity (Wildman–Crippen MR) is 164 cm³/mol. The van der Waals surface area contributed by atoms with Gasteiger partial charge in [-0.05, 0) is 55.0 Å². The summed E-state index contributed by atoms with van der Waals surface area (Å²) in [6.45, 7) is 4.42. The molecule has 2 aromatic rings. The number of benzene rings is 2. The standard InChI is InChI=1S/2C17H26O3.Ca/c2*1-2-3-4-5-6-7-8-9-10-14-13-15(18)11-12-16(14)17(19)20;/h2*11-13,18H,2-10H2,1H3,(H,19,20);/q;;+2/p-2. The molecule has 0 saturated carbocycles. The predicted octanol–water partition coefficient (Wildman–Crippen LogP) is 7.20. The molecule has 0 heterocycles. The topological polar surface area (TPSA) is 121 Å². The summed E-state index contributed by atoms with van der Waals surface area (Å²) in [6, 6.07) is 8.55. The van der Waals surface area contributed by atoms with Crippen LogP contribution in [-0.4, -0.2) is 59.9 Å². The summed E-state index contributed by atoms with van der Waals surface area (Å²) in [5.41, 5.74) is 1.82. The van der Waals surface area contributed by atoms with Crippen LogP contribution in [0, 0.1) is 0 Å². The van der Waals surface area contributed by atoms with E-state index in [1.807, 2.05) is 0 Å². The number of rotatable bonds is 20. The minimum atomic E-state index is -1.19. The van der Waals surface area contributed by atoms with E-state index in [9.17, 15) is 24.9 Å². The third kappa shape index (κ3) is 18.4. The number of phenols is 1. The minimum Gasteiger partial charge on any atom is -0.872 e. The fraction of sp³-hybridized carbons (Fsp3) is 0.588. The second-order valence-corrected chi connectivity index (χ2v) is 10.7. The van der Waals surface area contributed by atoms with Gasteiger partial charge in [0.05, 0.1) is 11.5 Å². The number of carbonyl (C=O) groups is 2. The molecule has 7 heteroatoms. The SMILES string of the molecule is CCCCCCCCCCc1cc(O)ccc1C(=O)O.CCCCCCCCCCc1cc([O-])ccc1C(=O)[O-].[Ca+2]. The molecule has 2 aromatic carbocycles. The Kier molecular flexibility index (Phi) is 23.7. The number of aromatic hydroxyl groups is 1. The number of aromatic carboxylic acids is 2. The van der Waals surface area contributed by atoms with E-state index in [1.165, 1.54) is 107 Å². The van der Waals surface area contributed by atoms with E-state index in [0.717, 1.165) is 37.7 Å². The first kappa shape index (κ1) is 39.2. The number of unbranched alkanes of at least 4 members (excludes halogenated alkanes) is 14. The zero-order valence-electron chi connectivity index (χ0n) is 25.4. The van der Waals surface area contributed by atoms with Crippen molar-refractivity contribution in [3.05, 3.63) is 58.7 Å². The number of aryl methyl sites for hydroxylation is 2. The number of carboxylic acid groups (broad SMARTS) is 2. The molecule has 0 aromatic heterocycles. The Morgan fingerprint density at radius 1 is 0.634 bits per heavy atom. The van der Waals surface area contributed by atoms with Gasteiger partial charge in [-0.3, -0.25) is 0 Å². The molecule has 0 spiro atoms. The quantitative estimate of drug-likeness (QED) is 0.124. The van der Waals surface area contributed by atoms with E-state index in [-0.39, 0.29) is 54.8 Å². The number of carbonyl (C=O) groups excluding carboxylic acids is 1. The van der Waals surface area contributed by atoms with E-state index in [1.54, 1.807) is 6.07 Å². The molecule has 0 radical (unpaired) electrons. The molecule has 0 saturated heterocycles. The summed E-state index contributed by atoms with van der Waals surface area (Å²) in [5, 5.41) is 40.8. The van der Waals surface area contributed by atoms with Crippen LogP contribution in [0.3, 0.4) is 0 Å². The summed E-state index contributed by atoms with van der Waals surface area (Å²) in [5.74, 6) is -2.10. The first-order valence-corrected chi connectivity index (χ1v) is 15.4. The van der Waals surface area contributed by atoms with Gasteiger partial charge in [0.15, 0.2) is 0 Å². The molecule has 0 aliphatic heterocycles. The Morgan fingerprint density at radius 2 is 1.05 bits per heavy atom. The average molecular weight is 595 g/mol. The average Bonchev–Trinajstić information content (AvgIpc) is 2.92. The van der Waals surface area contributed by atoms with Crippen LogP contribution in [-0.2, 0) is 12.8 Å². The number of phenolic OH excluding ortho intramolecular Hbond substituents is 1. The van der Waals surface area contributed by atoms with Crippen LogP contribution < -0.4 is 10.2 Å². The summed E-state index contributed by atoms with van der Waals surface area (Å²) < 4.78 is 0. The van der Waals surface area contributed by atoms with Crippen LogP contribution in [0.1, 0.15) is 148 Å². The number of hydrogen-bond donors (Lipinski definition) is 2. The monoisotopic (exact) mass is 594 g/mol. The Balaban J connectivity index is 0.000000762. The van der Waals surface area contributed by atoms with Crippen LogP contribution in [0.25, 0.3) is 0 Å². The summed E-state index contributed by atoms with van der Waals surface area (Å²) in [6.07, 6.45) is 20.8. The van der Waals surface area contributed by atoms with Crippen molar-refractivity contribution < 1.29 is 30.0 Å². The van der Waals surface area contributed by atoms with Crippen molar-refractivity contribution in [3.63, 3.8) is 0 Å². The van der Waals surface area contributed by atoms with Crippen LogP contribution in [0.4, 0.5) is 0 Å².